The third-order valence-corrected chi connectivity index (χ3v) is 6.84. The zero-order chi connectivity index (χ0) is 24.0. The SMILES string of the molecule is Cc1cc(NC(=O)N/N=C/c2cc(I)c(OCc3ccc([N+](=O)[O-])cc3)c(I)c2)ccc1Br. The summed E-state index contributed by atoms with van der Waals surface area (Å²) >= 11 is 7.76. The van der Waals surface area contributed by atoms with E-state index in [0.29, 0.717) is 11.4 Å². The first-order valence-corrected chi connectivity index (χ1v) is 12.4. The minimum atomic E-state index is -0.444. The maximum absolute atomic E-state index is 12.1. The van der Waals surface area contributed by atoms with E-state index in [1.165, 1.54) is 12.1 Å². The zero-order valence-corrected chi connectivity index (χ0v) is 23.0. The number of urea groups is 1. The number of hydrogen-bond acceptors (Lipinski definition) is 5. The summed E-state index contributed by atoms with van der Waals surface area (Å²) in [6.07, 6.45) is 1.55. The van der Waals surface area contributed by atoms with E-state index in [2.05, 4.69) is 77.0 Å². The van der Waals surface area contributed by atoms with Crippen molar-refractivity contribution in [3.63, 3.8) is 0 Å². The van der Waals surface area contributed by atoms with Crippen LogP contribution >= 0.6 is 61.1 Å². The molecule has 3 aromatic rings. The smallest absolute Gasteiger partial charge is 0.339 e. The number of carbonyl (C=O) groups excluding carboxylic acids is 1. The number of hydrazone groups is 1. The van der Waals surface area contributed by atoms with Gasteiger partial charge in [0.1, 0.15) is 12.4 Å². The van der Waals surface area contributed by atoms with Gasteiger partial charge in [-0.2, -0.15) is 5.10 Å². The number of amides is 2. The van der Waals surface area contributed by atoms with E-state index in [9.17, 15) is 14.9 Å². The minimum absolute atomic E-state index is 0.0424. The molecule has 170 valence electrons. The van der Waals surface area contributed by atoms with Gasteiger partial charge in [-0.3, -0.25) is 10.1 Å². The normalized spacial score (nSPS) is 10.8. The van der Waals surface area contributed by atoms with Gasteiger partial charge < -0.3 is 10.1 Å². The minimum Gasteiger partial charge on any atom is -0.487 e. The van der Waals surface area contributed by atoms with Crippen LogP contribution in [0, 0.1) is 24.2 Å². The van der Waals surface area contributed by atoms with E-state index >= 15 is 0 Å². The highest BCUT2D eigenvalue weighted by Crippen LogP contribution is 2.29. The van der Waals surface area contributed by atoms with Gasteiger partial charge in [0.25, 0.3) is 5.69 Å². The summed E-state index contributed by atoms with van der Waals surface area (Å²) in [5.41, 5.74) is 5.80. The Morgan fingerprint density at radius 1 is 1.15 bits per heavy atom. The van der Waals surface area contributed by atoms with Crippen molar-refractivity contribution >= 4 is 84.7 Å². The molecule has 0 radical (unpaired) electrons. The number of nitrogens with zero attached hydrogens (tertiary/aromatic N) is 2. The first-order valence-electron chi connectivity index (χ1n) is 9.44. The molecule has 0 unspecified atom stereocenters. The van der Waals surface area contributed by atoms with Crippen molar-refractivity contribution < 1.29 is 14.5 Å². The van der Waals surface area contributed by atoms with E-state index in [-0.39, 0.29) is 12.3 Å². The third-order valence-electron chi connectivity index (χ3n) is 4.35. The van der Waals surface area contributed by atoms with Gasteiger partial charge >= 0.3 is 6.03 Å². The number of hydrogen-bond donors (Lipinski definition) is 2. The van der Waals surface area contributed by atoms with Crippen LogP contribution in [0.4, 0.5) is 16.2 Å². The van der Waals surface area contributed by atoms with Crippen molar-refractivity contribution in [3.8, 4) is 5.75 Å². The summed E-state index contributed by atoms with van der Waals surface area (Å²) in [7, 11) is 0. The number of nitro benzene ring substituents is 1. The molecule has 3 aromatic carbocycles. The Bertz CT molecular complexity index is 1200. The van der Waals surface area contributed by atoms with Crippen molar-refractivity contribution in [3.05, 3.63) is 93.0 Å². The fraction of sp³-hybridized carbons (Fsp3) is 0.0909. The molecule has 0 aliphatic carbocycles. The molecule has 0 spiro atoms. The highest BCUT2D eigenvalue weighted by Gasteiger charge is 2.10. The summed E-state index contributed by atoms with van der Waals surface area (Å²) in [6, 6.07) is 15.1. The molecule has 2 amide bonds. The molecule has 11 heteroatoms. The van der Waals surface area contributed by atoms with Crippen LogP contribution < -0.4 is 15.5 Å². The van der Waals surface area contributed by atoms with Crippen LogP contribution in [-0.4, -0.2) is 17.2 Å². The number of aryl methyl sites for hydroxylation is 1. The quantitative estimate of drug-likeness (QED) is 0.123. The topological polar surface area (TPSA) is 106 Å². The molecule has 0 aliphatic heterocycles. The summed E-state index contributed by atoms with van der Waals surface area (Å²) in [5, 5.41) is 17.5. The maximum Gasteiger partial charge on any atom is 0.339 e. The van der Waals surface area contributed by atoms with Gasteiger partial charge in [-0.25, -0.2) is 10.2 Å². The van der Waals surface area contributed by atoms with Crippen molar-refractivity contribution in [2.75, 3.05) is 5.32 Å². The van der Waals surface area contributed by atoms with Crippen molar-refractivity contribution in [1.82, 2.24) is 5.43 Å². The molecule has 2 N–H and O–H groups in total. The number of ether oxygens (including phenoxy) is 1. The lowest BCUT2D eigenvalue weighted by Gasteiger charge is -2.11. The van der Waals surface area contributed by atoms with Gasteiger partial charge in [-0.05, 0) is 111 Å². The van der Waals surface area contributed by atoms with Crippen LogP contribution in [0.15, 0.2) is 64.2 Å². The Balaban J connectivity index is 1.58. The molecule has 0 saturated heterocycles. The van der Waals surface area contributed by atoms with E-state index in [1.54, 1.807) is 24.4 Å². The third kappa shape index (κ3) is 7.37. The number of non-ortho nitro benzene ring substituents is 1. The fourth-order valence-electron chi connectivity index (χ4n) is 2.71. The molecule has 0 saturated carbocycles. The maximum atomic E-state index is 12.1. The van der Waals surface area contributed by atoms with Crippen LogP contribution in [0.5, 0.6) is 5.75 Å². The lowest BCUT2D eigenvalue weighted by Crippen LogP contribution is -2.24. The number of nitrogens with one attached hydrogen (secondary N) is 2. The van der Waals surface area contributed by atoms with Crippen LogP contribution in [0.3, 0.4) is 0 Å². The monoisotopic (exact) mass is 734 g/mol. The average Bonchev–Trinajstić information content (AvgIpc) is 2.76. The fourth-order valence-corrected chi connectivity index (χ4v) is 5.08. The second-order valence-corrected chi connectivity index (χ2v) is 9.99. The van der Waals surface area contributed by atoms with E-state index in [4.69, 9.17) is 4.74 Å². The number of rotatable bonds is 7. The largest absolute Gasteiger partial charge is 0.487 e. The van der Waals surface area contributed by atoms with Crippen molar-refractivity contribution in [1.29, 1.82) is 0 Å². The molecule has 8 nitrogen and oxygen atoms in total. The van der Waals surface area contributed by atoms with E-state index in [0.717, 1.165) is 28.3 Å². The van der Waals surface area contributed by atoms with Gasteiger partial charge in [-0.15, -0.1) is 0 Å². The van der Waals surface area contributed by atoms with E-state index < -0.39 is 11.0 Å². The molecule has 0 atom stereocenters. The average molecular weight is 735 g/mol. The van der Waals surface area contributed by atoms with Crippen LogP contribution in [0.25, 0.3) is 0 Å². The van der Waals surface area contributed by atoms with Gasteiger partial charge in [0.05, 0.1) is 18.3 Å². The molecule has 0 aromatic heterocycles. The Labute approximate surface area is 225 Å². The number of halogens is 3. The molecular formula is C22H17BrI2N4O4. The number of anilines is 1. The highest BCUT2D eigenvalue weighted by atomic mass is 127. The molecule has 3 rings (SSSR count). The van der Waals surface area contributed by atoms with E-state index in [1.807, 2.05) is 31.2 Å². The van der Waals surface area contributed by atoms with Gasteiger partial charge in [0, 0.05) is 22.3 Å². The summed E-state index contributed by atoms with van der Waals surface area (Å²) in [6.45, 7) is 2.22. The molecule has 0 aliphatic rings. The zero-order valence-electron chi connectivity index (χ0n) is 17.1. The Morgan fingerprint density at radius 2 is 1.82 bits per heavy atom. The van der Waals surface area contributed by atoms with Crippen molar-refractivity contribution in [2.45, 2.75) is 13.5 Å². The lowest BCUT2D eigenvalue weighted by atomic mass is 10.2. The molecule has 0 fully saturated rings. The van der Waals surface area contributed by atoms with Gasteiger partial charge in [-0.1, -0.05) is 15.9 Å². The number of carbonyl (C=O) groups is 1. The number of benzene rings is 3. The predicted octanol–water partition coefficient (Wildman–Crippen LogP) is 6.61. The summed E-state index contributed by atoms with van der Waals surface area (Å²) < 4.78 is 8.64. The Morgan fingerprint density at radius 3 is 2.42 bits per heavy atom. The summed E-state index contributed by atoms with van der Waals surface area (Å²) in [4.78, 5) is 22.4. The van der Waals surface area contributed by atoms with Gasteiger partial charge in [0.2, 0.25) is 0 Å². The van der Waals surface area contributed by atoms with Crippen molar-refractivity contribution in [2.24, 2.45) is 5.10 Å². The standard InChI is InChI=1S/C22H17BrI2N4O4/c1-13-8-16(4-7-18(13)23)27-22(30)28-26-11-15-9-19(24)21(20(25)10-15)33-12-14-2-5-17(6-3-14)29(31)32/h2-11H,12H2,1H3,(H2,27,28,30)/b26-11+. The molecular weight excluding hydrogens is 718 g/mol. The first kappa shape index (κ1) is 25.4. The van der Waals surface area contributed by atoms with Crippen LogP contribution in [0.2, 0.25) is 0 Å². The molecule has 33 heavy (non-hydrogen) atoms. The molecule has 0 bridgehead atoms. The second-order valence-electron chi connectivity index (χ2n) is 6.81. The Hall–Kier alpha value is -2.26. The predicted molar refractivity (Wildman–Crippen MR) is 148 cm³/mol. The van der Waals surface area contributed by atoms with Gasteiger partial charge in [0.15, 0.2) is 0 Å². The highest BCUT2D eigenvalue weighted by molar-refractivity contribution is 14.1. The number of nitro groups is 1. The first-order chi connectivity index (χ1) is 15.7. The molecule has 0 heterocycles. The van der Waals surface area contributed by atoms with Crippen LogP contribution in [0.1, 0.15) is 16.7 Å². The summed E-state index contributed by atoms with van der Waals surface area (Å²) in [5.74, 6) is 0.711. The van der Waals surface area contributed by atoms with Crippen LogP contribution in [-0.2, 0) is 6.61 Å². The second kappa shape index (κ2) is 11.7. The Kier molecular flexibility index (Phi) is 9.02. The lowest BCUT2D eigenvalue weighted by molar-refractivity contribution is -0.384.